The Morgan fingerprint density at radius 2 is 1.81 bits per heavy atom. The minimum atomic E-state index is -0.294. The standard InChI is InChI=1S/C22H25FN2O2/c1-15(2)24-21(26)13-17-4-3-5-20(12-17)25(22(27)18-8-9-18)14-16-6-10-19(23)11-7-16/h3-7,10-12,15,18H,8-9,13-14H2,1-2H3,(H,24,26). The Labute approximate surface area is 159 Å². The second kappa shape index (κ2) is 8.33. The van der Waals surface area contributed by atoms with Gasteiger partial charge in [-0.25, -0.2) is 4.39 Å². The first-order chi connectivity index (χ1) is 12.9. The second-order valence-electron chi connectivity index (χ2n) is 7.39. The zero-order valence-electron chi connectivity index (χ0n) is 15.7. The van der Waals surface area contributed by atoms with E-state index in [0.717, 1.165) is 29.7 Å². The van der Waals surface area contributed by atoms with E-state index in [2.05, 4.69) is 5.32 Å². The summed E-state index contributed by atoms with van der Waals surface area (Å²) in [5.41, 5.74) is 2.50. The number of hydrogen-bond donors (Lipinski definition) is 1. The fourth-order valence-electron chi connectivity index (χ4n) is 3.01. The van der Waals surface area contributed by atoms with Crippen molar-refractivity contribution in [1.82, 2.24) is 5.32 Å². The van der Waals surface area contributed by atoms with Gasteiger partial charge in [0, 0.05) is 17.6 Å². The fourth-order valence-corrected chi connectivity index (χ4v) is 3.01. The molecule has 2 aromatic rings. The van der Waals surface area contributed by atoms with Gasteiger partial charge in [-0.15, -0.1) is 0 Å². The number of rotatable bonds is 7. The summed E-state index contributed by atoms with van der Waals surface area (Å²) in [7, 11) is 0. The van der Waals surface area contributed by atoms with Gasteiger partial charge in [0.05, 0.1) is 13.0 Å². The van der Waals surface area contributed by atoms with Gasteiger partial charge < -0.3 is 10.2 Å². The molecule has 0 aromatic heterocycles. The number of carbonyl (C=O) groups is 2. The highest BCUT2D eigenvalue weighted by molar-refractivity contribution is 5.96. The first-order valence-corrected chi connectivity index (χ1v) is 9.36. The smallest absolute Gasteiger partial charge is 0.230 e. The van der Waals surface area contributed by atoms with Crippen LogP contribution in [0.25, 0.3) is 0 Å². The molecule has 0 atom stereocenters. The number of nitrogens with zero attached hydrogens (tertiary/aromatic N) is 1. The van der Waals surface area contributed by atoms with Gasteiger partial charge in [0.15, 0.2) is 0 Å². The summed E-state index contributed by atoms with van der Waals surface area (Å²) in [5, 5.41) is 2.88. The Hall–Kier alpha value is -2.69. The zero-order chi connectivity index (χ0) is 19.4. The van der Waals surface area contributed by atoms with Crippen molar-refractivity contribution in [3.63, 3.8) is 0 Å². The normalized spacial score (nSPS) is 13.5. The van der Waals surface area contributed by atoms with Crippen molar-refractivity contribution in [1.29, 1.82) is 0 Å². The van der Waals surface area contributed by atoms with E-state index >= 15 is 0 Å². The van der Waals surface area contributed by atoms with Crippen molar-refractivity contribution < 1.29 is 14.0 Å². The minimum absolute atomic E-state index is 0.0410. The molecule has 0 saturated heterocycles. The molecule has 4 nitrogen and oxygen atoms in total. The molecule has 1 aliphatic carbocycles. The summed E-state index contributed by atoms with van der Waals surface area (Å²) < 4.78 is 13.2. The molecular weight excluding hydrogens is 343 g/mol. The first kappa shape index (κ1) is 19.1. The number of anilines is 1. The van der Waals surface area contributed by atoms with E-state index in [9.17, 15) is 14.0 Å². The minimum Gasteiger partial charge on any atom is -0.354 e. The van der Waals surface area contributed by atoms with Crippen molar-refractivity contribution in [2.24, 2.45) is 5.92 Å². The quantitative estimate of drug-likeness (QED) is 0.807. The molecule has 2 aromatic carbocycles. The van der Waals surface area contributed by atoms with Gasteiger partial charge in [0.25, 0.3) is 0 Å². The molecule has 0 heterocycles. The number of hydrogen-bond acceptors (Lipinski definition) is 2. The summed E-state index contributed by atoms with van der Waals surface area (Å²) in [6.45, 7) is 4.23. The van der Waals surface area contributed by atoms with Gasteiger partial charge in [-0.3, -0.25) is 9.59 Å². The average molecular weight is 368 g/mol. The maximum atomic E-state index is 13.2. The SMILES string of the molecule is CC(C)NC(=O)Cc1cccc(N(Cc2ccc(F)cc2)C(=O)C2CC2)c1. The molecule has 0 unspecified atom stereocenters. The Morgan fingerprint density at radius 1 is 1.11 bits per heavy atom. The summed E-state index contributed by atoms with van der Waals surface area (Å²) in [4.78, 5) is 26.6. The van der Waals surface area contributed by atoms with Crippen LogP contribution in [0.3, 0.4) is 0 Å². The topological polar surface area (TPSA) is 49.4 Å². The molecule has 0 aliphatic heterocycles. The van der Waals surface area contributed by atoms with E-state index in [1.54, 1.807) is 17.0 Å². The molecule has 142 valence electrons. The molecule has 0 bridgehead atoms. The number of amides is 2. The lowest BCUT2D eigenvalue weighted by molar-refractivity contribution is -0.121. The highest BCUT2D eigenvalue weighted by Gasteiger charge is 2.34. The lowest BCUT2D eigenvalue weighted by Crippen LogP contribution is -2.32. The number of benzene rings is 2. The van der Waals surface area contributed by atoms with Crippen molar-refractivity contribution >= 4 is 17.5 Å². The number of halogens is 1. The van der Waals surface area contributed by atoms with Crippen LogP contribution in [0.5, 0.6) is 0 Å². The maximum Gasteiger partial charge on any atom is 0.230 e. The van der Waals surface area contributed by atoms with E-state index in [0.29, 0.717) is 6.54 Å². The molecule has 2 amide bonds. The van der Waals surface area contributed by atoms with Crippen molar-refractivity contribution in [2.45, 2.75) is 45.7 Å². The third-order valence-electron chi connectivity index (χ3n) is 4.48. The summed E-state index contributed by atoms with van der Waals surface area (Å²) in [6, 6.07) is 13.8. The van der Waals surface area contributed by atoms with Gasteiger partial charge in [0.1, 0.15) is 5.82 Å². The summed E-state index contributed by atoms with van der Waals surface area (Å²) in [5.74, 6) is -0.181. The van der Waals surface area contributed by atoms with Crippen LogP contribution < -0.4 is 10.2 Å². The van der Waals surface area contributed by atoms with E-state index < -0.39 is 0 Å². The van der Waals surface area contributed by atoms with Gasteiger partial charge in [-0.2, -0.15) is 0 Å². The first-order valence-electron chi connectivity index (χ1n) is 9.36. The molecule has 1 N–H and O–H groups in total. The third kappa shape index (κ3) is 5.39. The van der Waals surface area contributed by atoms with Crippen LogP contribution in [0.2, 0.25) is 0 Å². The predicted octanol–water partition coefficient (Wildman–Crippen LogP) is 3.84. The highest BCUT2D eigenvalue weighted by Crippen LogP contribution is 2.33. The molecule has 27 heavy (non-hydrogen) atoms. The molecule has 5 heteroatoms. The van der Waals surface area contributed by atoms with E-state index in [1.165, 1.54) is 12.1 Å². The Morgan fingerprint density at radius 3 is 2.44 bits per heavy atom. The Kier molecular flexibility index (Phi) is 5.89. The van der Waals surface area contributed by atoms with Gasteiger partial charge in [-0.1, -0.05) is 24.3 Å². The summed E-state index contributed by atoms with van der Waals surface area (Å²) >= 11 is 0. The molecule has 3 rings (SSSR count). The van der Waals surface area contributed by atoms with Crippen LogP contribution in [-0.2, 0) is 22.6 Å². The van der Waals surface area contributed by atoms with Crippen LogP contribution >= 0.6 is 0 Å². The van der Waals surface area contributed by atoms with E-state index in [-0.39, 0.29) is 36.0 Å². The highest BCUT2D eigenvalue weighted by atomic mass is 19.1. The monoisotopic (exact) mass is 368 g/mol. The molecule has 0 spiro atoms. The molecular formula is C22H25FN2O2. The van der Waals surface area contributed by atoms with Crippen LogP contribution in [0.15, 0.2) is 48.5 Å². The second-order valence-corrected chi connectivity index (χ2v) is 7.39. The maximum absolute atomic E-state index is 13.2. The number of carbonyl (C=O) groups excluding carboxylic acids is 2. The van der Waals surface area contributed by atoms with Crippen LogP contribution in [0.1, 0.15) is 37.8 Å². The van der Waals surface area contributed by atoms with Gasteiger partial charge >= 0.3 is 0 Å². The van der Waals surface area contributed by atoms with Crippen LogP contribution in [0, 0.1) is 11.7 Å². The molecule has 1 saturated carbocycles. The molecule has 0 radical (unpaired) electrons. The van der Waals surface area contributed by atoms with Crippen molar-refractivity contribution in [3.05, 3.63) is 65.5 Å². The summed E-state index contributed by atoms with van der Waals surface area (Å²) in [6.07, 6.45) is 2.10. The van der Waals surface area contributed by atoms with Crippen LogP contribution in [0.4, 0.5) is 10.1 Å². The van der Waals surface area contributed by atoms with Crippen molar-refractivity contribution in [2.75, 3.05) is 4.90 Å². The molecule has 1 aliphatic rings. The lowest BCUT2D eigenvalue weighted by Gasteiger charge is -2.24. The van der Waals surface area contributed by atoms with E-state index in [1.807, 2.05) is 38.1 Å². The van der Waals surface area contributed by atoms with Crippen LogP contribution in [-0.4, -0.2) is 17.9 Å². The van der Waals surface area contributed by atoms with Crippen molar-refractivity contribution in [3.8, 4) is 0 Å². The average Bonchev–Trinajstić information content (AvgIpc) is 3.45. The number of nitrogens with one attached hydrogen (secondary N) is 1. The Bertz CT molecular complexity index is 813. The van der Waals surface area contributed by atoms with Gasteiger partial charge in [0.2, 0.25) is 11.8 Å². The fraction of sp³-hybridized carbons (Fsp3) is 0.364. The molecule has 1 fully saturated rings. The predicted molar refractivity (Wildman–Crippen MR) is 104 cm³/mol. The lowest BCUT2D eigenvalue weighted by atomic mass is 10.1. The van der Waals surface area contributed by atoms with Gasteiger partial charge in [-0.05, 0) is 62.1 Å². The zero-order valence-corrected chi connectivity index (χ0v) is 15.7. The third-order valence-corrected chi connectivity index (χ3v) is 4.48. The largest absolute Gasteiger partial charge is 0.354 e. The Balaban J connectivity index is 1.81. The van der Waals surface area contributed by atoms with E-state index in [4.69, 9.17) is 0 Å².